The molecule has 1 amide bonds. The van der Waals surface area contributed by atoms with Crippen molar-refractivity contribution in [2.24, 2.45) is 5.92 Å². The molecular weight excluding hydrogens is 180 g/mol. The zero-order chi connectivity index (χ0) is 9.80. The highest BCUT2D eigenvalue weighted by Gasteiger charge is 2.20. The molecule has 3 N–H and O–H groups in total. The number of nitrogens with one attached hydrogen (secondary N) is 3. The van der Waals surface area contributed by atoms with E-state index in [-0.39, 0.29) is 11.8 Å². The van der Waals surface area contributed by atoms with Crippen LogP contribution in [0.2, 0.25) is 0 Å². The normalized spacial score (nSPS) is 21.9. The maximum atomic E-state index is 11.7. The molecule has 0 saturated carbocycles. The largest absolute Gasteiger partial charge is 0.323 e. The Balaban J connectivity index is 1.88. The number of carbonyl (C=O) groups is 1. The van der Waals surface area contributed by atoms with Crippen LogP contribution in [-0.2, 0) is 4.79 Å². The molecule has 1 unspecified atom stereocenters. The van der Waals surface area contributed by atoms with Gasteiger partial charge in [0.15, 0.2) is 0 Å². The van der Waals surface area contributed by atoms with Gasteiger partial charge in [0.1, 0.15) is 0 Å². The van der Waals surface area contributed by atoms with Crippen LogP contribution in [0.15, 0.2) is 12.4 Å². The van der Waals surface area contributed by atoms with Crippen LogP contribution < -0.4 is 10.6 Å². The van der Waals surface area contributed by atoms with Crippen LogP contribution in [0.25, 0.3) is 0 Å². The van der Waals surface area contributed by atoms with Crippen molar-refractivity contribution >= 4 is 11.6 Å². The highest BCUT2D eigenvalue weighted by Crippen LogP contribution is 2.12. The molecular formula is C9H14N4O. The SMILES string of the molecule is O=C(Nc1cn[nH]c1)C1CCCNC1. The molecule has 2 rings (SSSR count). The van der Waals surface area contributed by atoms with E-state index < -0.39 is 0 Å². The van der Waals surface area contributed by atoms with Crippen LogP contribution in [0.4, 0.5) is 5.69 Å². The number of amides is 1. The number of rotatable bonds is 2. The Kier molecular flexibility index (Phi) is 2.78. The van der Waals surface area contributed by atoms with Crippen molar-refractivity contribution < 1.29 is 4.79 Å². The summed E-state index contributed by atoms with van der Waals surface area (Å²) in [6, 6.07) is 0. The third-order valence-electron chi connectivity index (χ3n) is 2.43. The standard InChI is InChI=1S/C9H14N4O/c14-9(7-2-1-3-10-4-7)13-8-5-11-12-6-8/h5-7,10H,1-4H2,(H,11,12)(H,13,14). The molecule has 0 spiro atoms. The maximum absolute atomic E-state index is 11.7. The molecule has 0 radical (unpaired) electrons. The number of anilines is 1. The third kappa shape index (κ3) is 2.11. The van der Waals surface area contributed by atoms with Gasteiger partial charge in [0.05, 0.1) is 17.8 Å². The number of hydrogen-bond donors (Lipinski definition) is 3. The fraction of sp³-hybridized carbons (Fsp3) is 0.556. The lowest BCUT2D eigenvalue weighted by Crippen LogP contribution is -2.37. The predicted octanol–water partition coefficient (Wildman–Crippen LogP) is 0.348. The van der Waals surface area contributed by atoms with Gasteiger partial charge in [-0.3, -0.25) is 9.89 Å². The second kappa shape index (κ2) is 4.23. The monoisotopic (exact) mass is 194 g/mol. The molecule has 0 bridgehead atoms. The first-order chi connectivity index (χ1) is 6.86. The van der Waals surface area contributed by atoms with Gasteiger partial charge >= 0.3 is 0 Å². The first-order valence-electron chi connectivity index (χ1n) is 4.86. The smallest absolute Gasteiger partial charge is 0.228 e. The van der Waals surface area contributed by atoms with E-state index in [0.29, 0.717) is 0 Å². The van der Waals surface area contributed by atoms with Crippen LogP contribution in [0, 0.1) is 5.92 Å². The summed E-state index contributed by atoms with van der Waals surface area (Å²) in [6.45, 7) is 1.80. The van der Waals surface area contributed by atoms with Crippen molar-refractivity contribution in [3.8, 4) is 0 Å². The lowest BCUT2D eigenvalue weighted by atomic mass is 9.99. The summed E-state index contributed by atoms with van der Waals surface area (Å²) in [6.07, 6.45) is 5.32. The Hall–Kier alpha value is -1.36. The van der Waals surface area contributed by atoms with Crippen molar-refractivity contribution in [3.05, 3.63) is 12.4 Å². The predicted molar refractivity (Wildman–Crippen MR) is 52.8 cm³/mol. The van der Waals surface area contributed by atoms with Gasteiger partial charge in [0, 0.05) is 12.7 Å². The van der Waals surface area contributed by atoms with Crippen molar-refractivity contribution in [1.29, 1.82) is 0 Å². The Morgan fingerprint density at radius 1 is 1.64 bits per heavy atom. The molecule has 76 valence electrons. The molecule has 1 aliphatic heterocycles. The second-order valence-electron chi connectivity index (χ2n) is 3.52. The van der Waals surface area contributed by atoms with Crippen LogP contribution in [0.5, 0.6) is 0 Å². The van der Waals surface area contributed by atoms with Crippen molar-refractivity contribution in [2.45, 2.75) is 12.8 Å². The van der Waals surface area contributed by atoms with Gasteiger partial charge in [-0.2, -0.15) is 5.10 Å². The highest BCUT2D eigenvalue weighted by atomic mass is 16.1. The van der Waals surface area contributed by atoms with Gasteiger partial charge < -0.3 is 10.6 Å². The van der Waals surface area contributed by atoms with Crippen molar-refractivity contribution in [2.75, 3.05) is 18.4 Å². The summed E-state index contributed by atoms with van der Waals surface area (Å²) in [7, 11) is 0. The number of aromatic nitrogens is 2. The highest BCUT2D eigenvalue weighted by molar-refractivity contribution is 5.92. The Labute approximate surface area is 82.3 Å². The minimum atomic E-state index is 0.0820. The van der Waals surface area contributed by atoms with E-state index in [1.807, 2.05) is 0 Å². The van der Waals surface area contributed by atoms with E-state index in [1.54, 1.807) is 12.4 Å². The van der Waals surface area contributed by atoms with E-state index in [1.165, 1.54) is 0 Å². The third-order valence-corrected chi connectivity index (χ3v) is 2.43. The van der Waals surface area contributed by atoms with Crippen LogP contribution in [0.1, 0.15) is 12.8 Å². The van der Waals surface area contributed by atoms with Gasteiger partial charge in [-0.15, -0.1) is 0 Å². The van der Waals surface area contributed by atoms with Crippen molar-refractivity contribution in [1.82, 2.24) is 15.5 Å². The summed E-state index contributed by atoms with van der Waals surface area (Å²) >= 11 is 0. The zero-order valence-electron chi connectivity index (χ0n) is 7.92. The quantitative estimate of drug-likeness (QED) is 0.636. The number of H-pyrrole nitrogens is 1. The number of carbonyl (C=O) groups excluding carboxylic acids is 1. The lowest BCUT2D eigenvalue weighted by Gasteiger charge is -2.21. The number of piperidine rings is 1. The summed E-state index contributed by atoms with van der Waals surface area (Å²) in [5.74, 6) is 0.178. The van der Waals surface area contributed by atoms with Gasteiger partial charge in [-0.05, 0) is 19.4 Å². The van der Waals surface area contributed by atoms with E-state index >= 15 is 0 Å². The molecule has 0 aromatic carbocycles. The van der Waals surface area contributed by atoms with Gasteiger partial charge in [0.2, 0.25) is 5.91 Å². The first kappa shape index (κ1) is 9.21. The second-order valence-corrected chi connectivity index (χ2v) is 3.52. The van der Waals surface area contributed by atoms with E-state index in [4.69, 9.17) is 0 Å². The Morgan fingerprint density at radius 2 is 2.57 bits per heavy atom. The Bertz CT molecular complexity index is 290. The molecule has 2 heterocycles. The van der Waals surface area contributed by atoms with Gasteiger partial charge in [0.25, 0.3) is 0 Å². The van der Waals surface area contributed by atoms with Gasteiger partial charge in [-0.25, -0.2) is 0 Å². The number of aromatic amines is 1. The molecule has 5 nitrogen and oxygen atoms in total. The molecule has 0 aliphatic carbocycles. The van der Waals surface area contributed by atoms with Crippen LogP contribution in [0.3, 0.4) is 0 Å². The molecule has 14 heavy (non-hydrogen) atoms. The molecule has 1 saturated heterocycles. The number of hydrogen-bond acceptors (Lipinski definition) is 3. The van der Waals surface area contributed by atoms with Gasteiger partial charge in [-0.1, -0.05) is 0 Å². The topological polar surface area (TPSA) is 69.8 Å². The van der Waals surface area contributed by atoms with Crippen LogP contribution >= 0.6 is 0 Å². The van der Waals surface area contributed by atoms with E-state index in [9.17, 15) is 4.79 Å². The van der Waals surface area contributed by atoms with Crippen LogP contribution in [-0.4, -0.2) is 29.2 Å². The van der Waals surface area contributed by atoms with Crippen molar-refractivity contribution in [3.63, 3.8) is 0 Å². The summed E-state index contributed by atoms with van der Waals surface area (Å²) < 4.78 is 0. The first-order valence-corrected chi connectivity index (χ1v) is 4.86. The summed E-state index contributed by atoms with van der Waals surface area (Å²) in [5, 5.41) is 12.5. The molecule has 1 fully saturated rings. The summed E-state index contributed by atoms with van der Waals surface area (Å²) in [5.41, 5.74) is 0.737. The molecule has 5 heteroatoms. The maximum Gasteiger partial charge on any atom is 0.228 e. The zero-order valence-corrected chi connectivity index (χ0v) is 7.92. The molecule has 1 atom stereocenters. The average molecular weight is 194 g/mol. The molecule has 1 aliphatic rings. The fourth-order valence-corrected chi connectivity index (χ4v) is 1.64. The molecule has 1 aromatic rings. The fourth-order valence-electron chi connectivity index (χ4n) is 1.64. The molecule has 1 aromatic heterocycles. The minimum Gasteiger partial charge on any atom is -0.323 e. The average Bonchev–Trinajstić information content (AvgIpc) is 2.72. The summed E-state index contributed by atoms with van der Waals surface area (Å²) in [4.78, 5) is 11.7. The lowest BCUT2D eigenvalue weighted by molar-refractivity contribution is -0.120. The number of nitrogens with zero attached hydrogens (tertiary/aromatic N) is 1. The van der Waals surface area contributed by atoms with E-state index in [2.05, 4.69) is 20.8 Å². The minimum absolute atomic E-state index is 0.0820. The Morgan fingerprint density at radius 3 is 3.21 bits per heavy atom. The van der Waals surface area contributed by atoms with E-state index in [0.717, 1.165) is 31.6 Å².